The van der Waals surface area contributed by atoms with Crippen LogP contribution in [-0.4, -0.2) is 47.4 Å². The number of carbonyl (C=O) groups is 2. The fourth-order valence-corrected chi connectivity index (χ4v) is 1.54. The van der Waals surface area contributed by atoms with Crippen LogP contribution in [0.4, 0.5) is 4.79 Å². The number of hydrogen-bond donors (Lipinski definition) is 1. The predicted octanol–water partition coefficient (Wildman–Crippen LogP) is 0.970. The summed E-state index contributed by atoms with van der Waals surface area (Å²) in [6, 6.07) is -0.498. The standard InChI is InChI=1S/C13H21N3O4/c1-13(2,3)20-12(18)16-7-9(15-8-16)6-10(14-4)11(17)19-5/h7-8,10,14H,6H2,1-5H3/t10-/m0/s1. The molecule has 7 heteroatoms. The lowest BCUT2D eigenvalue weighted by Gasteiger charge is -2.19. The van der Waals surface area contributed by atoms with Gasteiger partial charge in [-0.15, -0.1) is 0 Å². The molecule has 1 heterocycles. The largest absolute Gasteiger partial charge is 0.468 e. The van der Waals surface area contributed by atoms with Crippen molar-refractivity contribution < 1.29 is 19.1 Å². The molecule has 0 amide bonds. The summed E-state index contributed by atoms with van der Waals surface area (Å²) in [6.45, 7) is 5.37. The molecule has 0 radical (unpaired) electrons. The third kappa shape index (κ3) is 4.65. The summed E-state index contributed by atoms with van der Waals surface area (Å²) in [6.07, 6.45) is 2.74. The minimum absolute atomic E-state index is 0.332. The van der Waals surface area contributed by atoms with Gasteiger partial charge in [0.25, 0.3) is 0 Å². The maximum atomic E-state index is 11.8. The molecule has 1 atom stereocenters. The highest BCUT2D eigenvalue weighted by Gasteiger charge is 2.21. The van der Waals surface area contributed by atoms with E-state index in [-0.39, 0.29) is 5.97 Å². The minimum Gasteiger partial charge on any atom is -0.468 e. The van der Waals surface area contributed by atoms with E-state index in [4.69, 9.17) is 4.74 Å². The van der Waals surface area contributed by atoms with E-state index < -0.39 is 17.7 Å². The molecular weight excluding hydrogens is 262 g/mol. The second kappa shape index (κ2) is 6.51. The van der Waals surface area contributed by atoms with E-state index in [0.29, 0.717) is 12.1 Å². The zero-order valence-corrected chi connectivity index (χ0v) is 12.5. The first-order valence-electron chi connectivity index (χ1n) is 6.28. The van der Waals surface area contributed by atoms with Gasteiger partial charge in [-0.05, 0) is 27.8 Å². The minimum atomic E-state index is -0.568. The molecule has 0 aliphatic heterocycles. The van der Waals surface area contributed by atoms with Crippen molar-refractivity contribution in [2.45, 2.75) is 38.8 Å². The van der Waals surface area contributed by atoms with Crippen LogP contribution in [0.25, 0.3) is 0 Å². The van der Waals surface area contributed by atoms with Crippen LogP contribution in [0.1, 0.15) is 26.5 Å². The van der Waals surface area contributed by atoms with Gasteiger partial charge in [0.15, 0.2) is 0 Å². The fourth-order valence-electron chi connectivity index (χ4n) is 1.54. The van der Waals surface area contributed by atoms with E-state index in [1.807, 2.05) is 0 Å². The molecule has 0 saturated carbocycles. The highest BCUT2D eigenvalue weighted by Crippen LogP contribution is 2.10. The van der Waals surface area contributed by atoms with Gasteiger partial charge in [0.1, 0.15) is 18.0 Å². The Labute approximate surface area is 118 Å². The lowest BCUT2D eigenvalue weighted by atomic mass is 10.2. The molecule has 0 unspecified atom stereocenters. The molecule has 7 nitrogen and oxygen atoms in total. The normalized spacial score (nSPS) is 12.8. The molecule has 20 heavy (non-hydrogen) atoms. The van der Waals surface area contributed by atoms with Gasteiger partial charge in [-0.2, -0.15) is 0 Å². The van der Waals surface area contributed by atoms with Crippen LogP contribution in [0, 0.1) is 0 Å². The summed E-state index contributed by atoms with van der Waals surface area (Å²) in [7, 11) is 2.98. The van der Waals surface area contributed by atoms with Crippen molar-refractivity contribution in [2.24, 2.45) is 0 Å². The number of nitrogens with zero attached hydrogens (tertiary/aromatic N) is 2. The Balaban J connectivity index is 2.72. The van der Waals surface area contributed by atoms with Crippen molar-refractivity contribution in [1.82, 2.24) is 14.9 Å². The number of rotatable bonds is 4. The number of imidazole rings is 1. The molecule has 0 aliphatic carbocycles. The van der Waals surface area contributed by atoms with Gasteiger partial charge in [-0.1, -0.05) is 0 Å². The summed E-state index contributed by atoms with van der Waals surface area (Å²) in [5.74, 6) is -0.376. The fraction of sp³-hybridized carbons (Fsp3) is 0.615. The first-order valence-corrected chi connectivity index (χ1v) is 6.28. The van der Waals surface area contributed by atoms with Crippen LogP contribution < -0.4 is 5.32 Å². The van der Waals surface area contributed by atoms with Crippen LogP contribution in [0.15, 0.2) is 12.5 Å². The molecule has 0 spiro atoms. The van der Waals surface area contributed by atoms with E-state index in [1.54, 1.807) is 34.0 Å². The molecule has 0 saturated heterocycles. The first kappa shape index (κ1) is 16.2. The van der Waals surface area contributed by atoms with Crippen LogP contribution in [0.5, 0.6) is 0 Å². The lowest BCUT2D eigenvalue weighted by molar-refractivity contribution is -0.142. The molecule has 1 aromatic rings. The number of likely N-dealkylation sites (N-methyl/N-ethyl adjacent to an activating group) is 1. The summed E-state index contributed by atoms with van der Waals surface area (Å²) in [5, 5.41) is 2.84. The maximum absolute atomic E-state index is 11.8. The van der Waals surface area contributed by atoms with E-state index in [2.05, 4.69) is 15.0 Å². The van der Waals surface area contributed by atoms with Gasteiger partial charge >= 0.3 is 12.1 Å². The van der Waals surface area contributed by atoms with Crippen molar-refractivity contribution in [2.75, 3.05) is 14.2 Å². The average molecular weight is 283 g/mol. The van der Waals surface area contributed by atoms with Gasteiger partial charge in [-0.25, -0.2) is 14.3 Å². The highest BCUT2D eigenvalue weighted by molar-refractivity contribution is 5.76. The van der Waals surface area contributed by atoms with Crippen molar-refractivity contribution in [1.29, 1.82) is 0 Å². The van der Waals surface area contributed by atoms with E-state index in [9.17, 15) is 9.59 Å². The second-order valence-corrected chi connectivity index (χ2v) is 5.32. The Hall–Kier alpha value is -1.89. The van der Waals surface area contributed by atoms with Gasteiger partial charge in [-0.3, -0.25) is 4.79 Å². The van der Waals surface area contributed by atoms with Crippen molar-refractivity contribution in [3.05, 3.63) is 18.2 Å². The summed E-state index contributed by atoms with van der Waals surface area (Å²) >= 11 is 0. The van der Waals surface area contributed by atoms with Crippen molar-refractivity contribution in [3.63, 3.8) is 0 Å². The predicted molar refractivity (Wildman–Crippen MR) is 72.4 cm³/mol. The summed E-state index contributed by atoms with van der Waals surface area (Å²) in [4.78, 5) is 27.4. The molecule has 0 aromatic carbocycles. The third-order valence-electron chi connectivity index (χ3n) is 2.49. The van der Waals surface area contributed by atoms with Gasteiger partial charge in [0, 0.05) is 12.6 Å². The Morgan fingerprint density at radius 3 is 2.60 bits per heavy atom. The Morgan fingerprint density at radius 1 is 1.45 bits per heavy atom. The number of methoxy groups -OCH3 is 1. The van der Waals surface area contributed by atoms with Crippen LogP contribution >= 0.6 is 0 Å². The topological polar surface area (TPSA) is 82.5 Å². The molecular formula is C13H21N3O4. The SMILES string of the molecule is CN[C@@H](Cc1cn(C(=O)OC(C)(C)C)cn1)C(=O)OC. The summed E-state index contributed by atoms with van der Waals surface area (Å²) in [5.41, 5.74) is 0.0294. The number of ether oxygens (including phenoxy) is 2. The molecule has 112 valence electrons. The van der Waals surface area contributed by atoms with Gasteiger partial charge in [0.05, 0.1) is 12.8 Å². The number of carbonyl (C=O) groups excluding carboxylic acids is 2. The molecule has 0 bridgehead atoms. The summed E-state index contributed by atoms with van der Waals surface area (Å²) < 4.78 is 11.1. The number of aromatic nitrogens is 2. The molecule has 1 N–H and O–H groups in total. The van der Waals surface area contributed by atoms with E-state index >= 15 is 0 Å². The zero-order chi connectivity index (χ0) is 15.3. The van der Waals surface area contributed by atoms with Crippen molar-refractivity contribution in [3.8, 4) is 0 Å². The first-order chi connectivity index (χ1) is 9.26. The van der Waals surface area contributed by atoms with Gasteiger partial charge < -0.3 is 14.8 Å². The Kier molecular flexibility index (Phi) is 5.26. The zero-order valence-electron chi connectivity index (χ0n) is 12.5. The third-order valence-corrected chi connectivity index (χ3v) is 2.49. The maximum Gasteiger partial charge on any atom is 0.419 e. The highest BCUT2D eigenvalue weighted by atomic mass is 16.6. The van der Waals surface area contributed by atoms with E-state index in [0.717, 1.165) is 0 Å². The lowest BCUT2D eigenvalue weighted by Crippen LogP contribution is -2.37. The van der Waals surface area contributed by atoms with Crippen LogP contribution in [0.3, 0.4) is 0 Å². The smallest absolute Gasteiger partial charge is 0.419 e. The average Bonchev–Trinajstić information content (AvgIpc) is 2.81. The molecule has 0 aliphatic rings. The van der Waals surface area contributed by atoms with Crippen molar-refractivity contribution >= 4 is 12.1 Å². The van der Waals surface area contributed by atoms with Crippen LogP contribution in [-0.2, 0) is 20.7 Å². The molecule has 1 aromatic heterocycles. The monoisotopic (exact) mass is 283 g/mol. The van der Waals surface area contributed by atoms with Crippen LogP contribution in [0.2, 0.25) is 0 Å². The number of nitrogens with one attached hydrogen (secondary N) is 1. The molecule has 0 fully saturated rings. The number of hydrogen-bond acceptors (Lipinski definition) is 6. The van der Waals surface area contributed by atoms with E-state index in [1.165, 1.54) is 18.0 Å². The Bertz CT molecular complexity index is 476. The van der Waals surface area contributed by atoms with Gasteiger partial charge in [0.2, 0.25) is 0 Å². The molecule has 1 rings (SSSR count). The number of esters is 1. The Morgan fingerprint density at radius 2 is 2.10 bits per heavy atom. The second-order valence-electron chi connectivity index (χ2n) is 5.32. The quantitative estimate of drug-likeness (QED) is 0.829.